The Kier molecular flexibility index (Phi) is 7.41. The fourth-order valence-corrected chi connectivity index (χ4v) is 3.92. The topological polar surface area (TPSA) is 79.0 Å². The van der Waals surface area contributed by atoms with Crippen LogP contribution in [0.1, 0.15) is 35.3 Å². The predicted molar refractivity (Wildman–Crippen MR) is 119 cm³/mol. The minimum absolute atomic E-state index is 0.0440. The molecule has 1 N–H and O–H groups in total. The maximum absolute atomic E-state index is 12.8. The van der Waals surface area contributed by atoms with Crippen molar-refractivity contribution in [3.8, 4) is 0 Å². The van der Waals surface area contributed by atoms with E-state index in [2.05, 4.69) is 5.32 Å². The summed E-state index contributed by atoms with van der Waals surface area (Å²) in [5.74, 6) is -0.672. The zero-order chi connectivity index (χ0) is 22.4. The summed E-state index contributed by atoms with van der Waals surface area (Å²) in [7, 11) is 1.36. The van der Waals surface area contributed by atoms with Gasteiger partial charge in [-0.1, -0.05) is 30.3 Å². The molecule has 0 saturated heterocycles. The number of amides is 2. The molecule has 0 aromatic heterocycles. The number of ether oxygens (including phenoxy) is 1. The van der Waals surface area contributed by atoms with Crippen LogP contribution in [0.3, 0.4) is 0 Å². The van der Waals surface area contributed by atoms with Gasteiger partial charge in [-0.05, 0) is 49.6 Å². The first-order valence-corrected chi connectivity index (χ1v) is 10.5. The van der Waals surface area contributed by atoms with Crippen molar-refractivity contribution in [2.75, 3.05) is 32.1 Å². The van der Waals surface area contributed by atoms with E-state index in [1.807, 2.05) is 43.0 Å². The zero-order valence-electron chi connectivity index (χ0n) is 18.3. The molecule has 0 bridgehead atoms. The number of carbonyl (C=O) groups excluding carboxylic acids is 3. The van der Waals surface area contributed by atoms with E-state index in [0.717, 1.165) is 11.1 Å². The van der Waals surface area contributed by atoms with E-state index in [-0.39, 0.29) is 24.3 Å². The summed E-state index contributed by atoms with van der Waals surface area (Å²) in [4.78, 5) is 41.2. The number of methoxy groups -OCH3 is 1. The predicted octanol–water partition coefficient (Wildman–Crippen LogP) is 2.71. The van der Waals surface area contributed by atoms with Gasteiger partial charge in [-0.15, -0.1) is 0 Å². The lowest BCUT2D eigenvalue weighted by atomic mass is 9.94. The monoisotopic (exact) mass is 423 g/mol. The lowest BCUT2D eigenvalue weighted by Gasteiger charge is -2.34. The van der Waals surface area contributed by atoms with Gasteiger partial charge in [-0.25, -0.2) is 0 Å². The number of fused-ring (bicyclic) bond motifs is 1. The summed E-state index contributed by atoms with van der Waals surface area (Å²) >= 11 is 0. The molecular weight excluding hydrogens is 394 g/mol. The largest absolute Gasteiger partial charge is 0.468 e. The van der Waals surface area contributed by atoms with Gasteiger partial charge in [0.2, 0.25) is 5.91 Å². The van der Waals surface area contributed by atoms with Gasteiger partial charge in [0.05, 0.1) is 13.7 Å². The van der Waals surface area contributed by atoms with Crippen LogP contribution in [0.2, 0.25) is 0 Å². The summed E-state index contributed by atoms with van der Waals surface area (Å²) in [5.41, 5.74) is 3.27. The van der Waals surface area contributed by atoms with E-state index in [9.17, 15) is 14.4 Å². The first-order chi connectivity index (χ1) is 15.0. The lowest BCUT2D eigenvalue weighted by molar-refractivity contribution is -0.148. The summed E-state index contributed by atoms with van der Waals surface area (Å²) < 4.78 is 4.97. The number of nitrogens with zero attached hydrogens (tertiary/aromatic N) is 2. The van der Waals surface area contributed by atoms with Gasteiger partial charge < -0.3 is 15.0 Å². The van der Waals surface area contributed by atoms with Crippen molar-refractivity contribution in [3.63, 3.8) is 0 Å². The maximum Gasteiger partial charge on any atom is 0.323 e. The third kappa shape index (κ3) is 5.30. The molecule has 31 heavy (non-hydrogen) atoms. The van der Waals surface area contributed by atoms with Gasteiger partial charge in [0.15, 0.2) is 0 Å². The zero-order valence-corrected chi connectivity index (χ0v) is 18.3. The highest BCUT2D eigenvalue weighted by molar-refractivity contribution is 5.97. The molecule has 3 rings (SSSR count). The van der Waals surface area contributed by atoms with E-state index in [0.29, 0.717) is 37.3 Å². The van der Waals surface area contributed by atoms with E-state index in [1.165, 1.54) is 7.11 Å². The van der Waals surface area contributed by atoms with Crippen LogP contribution in [-0.2, 0) is 27.3 Å². The van der Waals surface area contributed by atoms with Crippen molar-refractivity contribution in [1.82, 2.24) is 9.80 Å². The van der Waals surface area contributed by atoms with E-state index >= 15 is 0 Å². The average molecular weight is 424 g/mol. The van der Waals surface area contributed by atoms with Crippen molar-refractivity contribution in [2.45, 2.75) is 32.9 Å². The van der Waals surface area contributed by atoms with Crippen LogP contribution < -0.4 is 5.32 Å². The fourth-order valence-electron chi connectivity index (χ4n) is 3.92. The van der Waals surface area contributed by atoms with Crippen LogP contribution in [0.15, 0.2) is 48.5 Å². The Morgan fingerprint density at radius 2 is 1.77 bits per heavy atom. The van der Waals surface area contributed by atoms with Crippen LogP contribution in [0, 0.1) is 0 Å². The first-order valence-electron chi connectivity index (χ1n) is 10.5. The maximum atomic E-state index is 12.8. The van der Waals surface area contributed by atoms with Crippen LogP contribution >= 0.6 is 0 Å². The van der Waals surface area contributed by atoms with Crippen molar-refractivity contribution in [1.29, 1.82) is 0 Å². The molecule has 1 heterocycles. The van der Waals surface area contributed by atoms with E-state index in [4.69, 9.17) is 4.74 Å². The molecule has 0 spiro atoms. The van der Waals surface area contributed by atoms with Gasteiger partial charge in [0.1, 0.15) is 6.04 Å². The molecule has 164 valence electrons. The number of esters is 1. The van der Waals surface area contributed by atoms with Crippen molar-refractivity contribution in [3.05, 3.63) is 65.2 Å². The molecular formula is C24H29N3O4. The van der Waals surface area contributed by atoms with Crippen molar-refractivity contribution < 1.29 is 19.1 Å². The second-order valence-electron chi connectivity index (χ2n) is 7.52. The Labute approximate surface area is 183 Å². The third-order valence-electron chi connectivity index (χ3n) is 5.61. The van der Waals surface area contributed by atoms with Gasteiger partial charge in [0, 0.05) is 30.9 Å². The molecule has 2 amide bonds. The molecule has 1 atom stereocenters. The first kappa shape index (κ1) is 22.5. The molecule has 1 aliphatic heterocycles. The second-order valence-corrected chi connectivity index (χ2v) is 7.52. The van der Waals surface area contributed by atoms with Crippen LogP contribution in [0.5, 0.6) is 0 Å². The molecule has 1 aliphatic rings. The third-order valence-corrected chi connectivity index (χ3v) is 5.61. The molecule has 0 fully saturated rings. The summed E-state index contributed by atoms with van der Waals surface area (Å²) in [5, 5.41) is 2.86. The van der Waals surface area contributed by atoms with Gasteiger partial charge >= 0.3 is 5.97 Å². The average Bonchev–Trinajstić information content (AvgIpc) is 2.79. The molecule has 2 aromatic carbocycles. The number of rotatable bonds is 7. The molecule has 0 aliphatic carbocycles. The lowest BCUT2D eigenvalue weighted by Crippen LogP contribution is -2.49. The minimum Gasteiger partial charge on any atom is -0.468 e. The number of anilines is 1. The van der Waals surface area contributed by atoms with E-state index < -0.39 is 6.04 Å². The molecule has 7 nitrogen and oxygen atoms in total. The van der Waals surface area contributed by atoms with Crippen LogP contribution in [0.25, 0.3) is 0 Å². The Bertz CT molecular complexity index is 955. The second kappa shape index (κ2) is 10.2. The smallest absolute Gasteiger partial charge is 0.323 e. The quantitative estimate of drug-likeness (QED) is 0.693. The molecule has 0 saturated carbocycles. The molecule has 2 aromatic rings. The molecule has 0 unspecified atom stereocenters. The van der Waals surface area contributed by atoms with Crippen molar-refractivity contribution >= 4 is 23.5 Å². The van der Waals surface area contributed by atoms with Gasteiger partial charge in [-0.2, -0.15) is 0 Å². The Hall–Kier alpha value is -3.19. The van der Waals surface area contributed by atoms with Gasteiger partial charge in [0.25, 0.3) is 5.91 Å². The van der Waals surface area contributed by atoms with Crippen LogP contribution in [-0.4, -0.2) is 60.4 Å². The fraction of sp³-hybridized carbons (Fsp3) is 0.375. The number of hydrogen-bond acceptors (Lipinski definition) is 5. The van der Waals surface area contributed by atoms with Gasteiger partial charge in [-0.3, -0.25) is 19.3 Å². The number of benzene rings is 2. The van der Waals surface area contributed by atoms with Crippen molar-refractivity contribution in [2.24, 2.45) is 0 Å². The highest BCUT2D eigenvalue weighted by Gasteiger charge is 2.33. The normalized spacial score (nSPS) is 15.6. The highest BCUT2D eigenvalue weighted by atomic mass is 16.5. The molecule has 0 radical (unpaired) electrons. The summed E-state index contributed by atoms with van der Waals surface area (Å²) in [6.07, 6.45) is 0.504. The highest BCUT2D eigenvalue weighted by Crippen LogP contribution is 2.24. The summed E-state index contributed by atoms with van der Waals surface area (Å²) in [6, 6.07) is 14.3. The Balaban J connectivity index is 1.71. The molecule has 7 heteroatoms. The minimum atomic E-state index is -0.513. The van der Waals surface area contributed by atoms with Crippen LogP contribution in [0.4, 0.5) is 5.69 Å². The summed E-state index contributed by atoms with van der Waals surface area (Å²) in [6.45, 7) is 5.64. The number of nitrogens with one attached hydrogen (secondary N) is 1. The Morgan fingerprint density at radius 3 is 2.45 bits per heavy atom. The number of hydrogen-bond donors (Lipinski definition) is 1. The number of carbonyl (C=O) groups is 3. The standard InChI is InChI=1S/C24H29N3O4/c1-4-26(5-2)23(29)18-11-8-12-20(13-18)25-22(28)16-27-15-19-10-7-6-9-17(19)14-21(27)24(30)31-3/h6-13,21H,4-5,14-16H2,1-3H3,(H,25,28)/t21-/m0/s1. The Morgan fingerprint density at radius 1 is 1.06 bits per heavy atom. The van der Waals surface area contributed by atoms with E-state index in [1.54, 1.807) is 29.2 Å². The SMILES string of the molecule is CCN(CC)C(=O)c1cccc(NC(=O)CN2Cc3ccccc3C[C@H]2C(=O)OC)c1.